The molecule has 0 bridgehead atoms. The second kappa shape index (κ2) is 9.73. The Balaban J connectivity index is 1.61. The van der Waals surface area contributed by atoms with Gasteiger partial charge in [-0.05, 0) is 68.9 Å². The zero-order valence-corrected chi connectivity index (χ0v) is 19.7. The van der Waals surface area contributed by atoms with E-state index in [0.29, 0.717) is 12.2 Å². The molecular formula is C24H33N3O3S. The summed E-state index contributed by atoms with van der Waals surface area (Å²) >= 11 is 0. The van der Waals surface area contributed by atoms with E-state index in [1.807, 2.05) is 32.0 Å². The summed E-state index contributed by atoms with van der Waals surface area (Å²) in [6, 6.07) is 13.3. The lowest BCUT2D eigenvalue weighted by molar-refractivity contribution is -0.121. The average molecular weight is 444 g/mol. The highest BCUT2D eigenvalue weighted by Crippen LogP contribution is 2.27. The van der Waals surface area contributed by atoms with Crippen LogP contribution in [0.1, 0.15) is 36.5 Å². The number of anilines is 2. The Kier molecular flexibility index (Phi) is 7.26. The minimum Gasteiger partial charge on any atom is -0.371 e. The quantitative estimate of drug-likeness (QED) is 0.635. The Labute approximate surface area is 186 Å². The Bertz CT molecular complexity index is 1040. The van der Waals surface area contributed by atoms with Gasteiger partial charge in [-0.3, -0.25) is 9.10 Å². The van der Waals surface area contributed by atoms with Gasteiger partial charge in [0.2, 0.25) is 15.9 Å². The molecule has 1 amide bonds. The lowest BCUT2D eigenvalue weighted by atomic mass is 10.0. The van der Waals surface area contributed by atoms with Crippen LogP contribution in [-0.2, 0) is 21.2 Å². The van der Waals surface area contributed by atoms with Crippen molar-refractivity contribution in [3.8, 4) is 0 Å². The van der Waals surface area contributed by atoms with Gasteiger partial charge in [-0.15, -0.1) is 0 Å². The van der Waals surface area contributed by atoms with Gasteiger partial charge in [0.15, 0.2) is 0 Å². The SMILES string of the molecule is Cc1ccc(C)c(N([C@H](C)C(=O)NCCCN2CCCc3ccccc32)S(C)(=O)=O)c1. The third-order valence-electron chi connectivity index (χ3n) is 5.80. The van der Waals surface area contributed by atoms with E-state index in [0.717, 1.165) is 49.7 Å². The first-order valence-electron chi connectivity index (χ1n) is 10.9. The average Bonchev–Trinajstić information content (AvgIpc) is 2.72. The summed E-state index contributed by atoms with van der Waals surface area (Å²) in [6.45, 7) is 7.79. The van der Waals surface area contributed by atoms with Crippen LogP contribution in [0.15, 0.2) is 42.5 Å². The molecule has 0 aromatic heterocycles. The first kappa shape index (κ1) is 23.1. The minimum absolute atomic E-state index is 0.287. The van der Waals surface area contributed by atoms with Gasteiger partial charge in [-0.25, -0.2) is 8.42 Å². The third kappa shape index (κ3) is 5.58. The van der Waals surface area contributed by atoms with Crippen molar-refractivity contribution >= 4 is 27.3 Å². The molecule has 2 aromatic carbocycles. The number of aryl methyl sites for hydroxylation is 3. The number of amides is 1. The van der Waals surface area contributed by atoms with E-state index < -0.39 is 16.1 Å². The predicted molar refractivity (Wildman–Crippen MR) is 127 cm³/mol. The molecule has 0 saturated heterocycles. The maximum absolute atomic E-state index is 12.8. The van der Waals surface area contributed by atoms with Crippen LogP contribution in [0, 0.1) is 13.8 Å². The Morgan fingerprint density at radius 1 is 1.19 bits per heavy atom. The van der Waals surface area contributed by atoms with Crippen molar-refractivity contribution in [1.82, 2.24) is 5.32 Å². The normalized spacial score (nSPS) is 14.6. The van der Waals surface area contributed by atoms with Gasteiger partial charge in [0.05, 0.1) is 11.9 Å². The van der Waals surface area contributed by atoms with E-state index in [9.17, 15) is 13.2 Å². The molecule has 2 aromatic rings. The fraction of sp³-hybridized carbons (Fsp3) is 0.458. The van der Waals surface area contributed by atoms with Gasteiger partial charge < -0.3 is 10.2 Å². The fourth-order valence-electron chi connectivity index (χ4n) is 4.21. The van der Waals surface area contributed by atoms with Crippen molar-refractivity contribution < 1.29 is 13.2 Å². The number of sulfonamides is 1. The van der Waals surface area contributed by atoms with Gasteiger partial charge in [0.25, 0.3) is 0 Å². The van der Waals surface area contributed by atoms with Crippen LogP contribution in [0.25, 0.3) is 0 Å². The van der Waals surface area contributed by atoms with Crippen LogP contribution in [0.2, 0.25) is 0 Å². The number of rotatable bonds is 8. The molecule has 3 rings (SSSR count). The summed E-state index contributed by atoms with van der Waals surface area (Å²) in [5.74, 6) is -0.287. The summed E-state index contributed by atoms with van der Waals surface area (Å²) in [4.78, 5) is 15.2. The Morgan fingerprint density at radius 2 is 1.94 bits per heavy atom. The number of benzene rings is 2. The molecule has 0 saturated carbocycles. The van der Waals surface area contributed by atoms with E-state index in [1.165, 1.54) is 15.6 Å². The number of carbonyl (C=O) groups excluding carboxylic acids is 1. The van der Waals surface area contributed by atoms with Gasteiger partial charge in [-0.1, -0.05) is 30.3 Å². The van der Waals surface area contributed by atoms with Crippen LogP contribution < -0.4 is 14.5 Å². The lowest BCUT2D eigenvalue weighted by Crippen LogP contribution is -2.48. The Morgan fingerprint density at radius 3 is 2.68 bits per heavy atom. The molecule has 0 radical (unpaired) electrons. The van der Waals surface area contributed by atoms with Crippen LogP contribution in [-0.4, -0.2) is 46.3 Å². The molecule has 168 valence electrons. The molecule has 0 spiro atoms. The summed E-state index contributed by atoms with van der Waals surface area (Å²) in [5, 5.41) is 2.93. The zero-order valence-electron chi connectivity index (χ0n) is 18.9. The first-order valence-corrected chi connectivity index (χ1v) is 12.7. The second-order valence-electron chi connectivity index (χ2n) is 8.39. The van der Waals surface area contributed by atoms with Gasteiger partial charge in [-0.2, -0.15) is 0 Å². The highest BCUT2D eigenvalue weighted by molar-refractivity contribution is 7.92. The molecule has 0 fully saturated rings. The molecule has 0 unspecified atom stereocenters. The van der Waals surface area contributed by atoms with E-state index in [-0.39, 0.29) is 5.91 Å². The van der Waals surface area contributed by atoms with Gasteiger partial charge in [0.1, 0.15) is 6.04 Å². The molecule has 1 N–H and O–H groups in total. The molecular weight excluding hydrogens is 410 g/mol. The van der Waals surface area contributed by atoms with Crippen LogP contribution in [0.3, 0.4) is 0 Å². The number of nitrogens with one attached hydrogen (secondary N) is 1. The minimum atomic E-state index is -3.62. The largest absolute Gasteiger partial charge is 0.371 e. The number of fused-ring (bicyclic) bond motifs is 1. The van der Waals surface area contributed by atoms with Crippen molar-refractivity contribution in [3.05, 3.63) is 59.2 Å². The Hall–Kier alpha value is -2.54. The van der Waals surface area contributed by atoms with Crippen LogP contribution in [0.4, 0.5) is 11.4 Å². The topological polar surface area (TPSA) is 69.7 Å². The second-order valence-corrected chi connectivity index (χ2v) is 10.2. The fourth-order valence-corrected chi connectivity index (χ4v) is 5.44. The maximum atomic E-state index is 12.8. The summed E-state index contributed by atoms with van der Waals surface area (Å²) in [5.41, 5.74) is 4.98. The van der Waals surface area contributed by atoms with Crippen molar-refractivity contribution in [2.75, 3.05) is 35.1 Å². The number of carbonyl (C=O) groups is 1. The molecule has 1 heterocycles. The number of para-hydroxylation sites is 1. The smallest absolute Gasteiger partial charge is 0.243 e. The van der Waals surface area contributed by atoms with Crippen molar-refractivity contribution in [1.29, 1.82) is 0 Å². The van der Waals surface area contributed by atoms with E-state index in [2.05, 4.69) is 34.5 Å². The van der Waals surface area contributed by atoms with E-state index >= 15 is 0 Å². The van der Waals surface area contributed by atoms with E-state index in [4.69, 9.17) is 0 Å². The van der Waals surface area contributed by atoms with Crippen LogP contribution in [0.5, 0.6) is 0 Å². The predicted octanol–water partition coefficient (Wildman–Crippen LogP) is 3.42. The lowest BCUT2D eigenvalue weighted by Gasteiger charge is -2.32. The molecule has 31 heavy (non-hydrogen) atoms. The standard InChI is InChI=1S/C24H33N3O3S/c1-18-12-13-19(2)23(17-18)27(31(4,29)30)20(3)24(28)25-14-8-16-26-15-7-10-21-9-5-6-11-22(21)26/h5-6,9,11-13,17,20H,7-8,10,14-16H2,1-4H3,(H,25,28)/t20-/m1/s1. The molecule has 7 heteroatoms. The molecule has 6 nitrogen and oxygen atoms in total. The summed E-state index contributed by atoms with van der Waals surface area (Å²) < 4.78 is 26.3. The monoisotopic (exact) mass is 443 g/mol. The zero-order chi connectivity index (χ0) is 22.6. The van der Waals surface area contributed by atoms with Crippen molar-refractivity contribution in [2.24, 2.45) is 0 Å². The maximum Gasteiger partial charge on any atom is 0.243 e. The van der Waals surface area contributed by atoms with Crippen LogP contribution >= 0.6 is 0 Å². The number of nitrogens with zero attached hydrogens (tertiary/aromatic N) is 2. The molecule has 1 aliphatic rings. The third-order valence-corrected chi connectivity index (χ3v) is 7.03. The highest BCUT2D eigenvalue weighted by Gasteiger charge is 2.30. The van der Waals surface area contributed by atoms with Crippen molar-refractivity contribution in [2.45, 2.75) is 46.1 Å². The molecule has 1 atom stereocenters. The number of hydrogen-bond acceptors (Lipinski definition) is 4. The molecule has 0 aliphatic carbocycles. The highest BCUT2D eigenvalue weighted by atomic mass is 32.2. The van der Waals surface area contributed by atoms with Gasteiger partial charge in [0, 0.05) is 25.3 Å². The van der Waals surface area contributed by atoms with Gasteiger partial charge >= 0.3 is 0 Å². The van der Waals surface area contributed by atoms with Crippen molar-refractivity contribution in [3.63, 3.8) is 0 Å². The first-order chi connectivity index (χ1) is 14.7. The number of hydrogen-bond donors (Lipinski definition) is 1. The summed E-state index contributed by atoms with van der Waals surface area (Å²) in [6.07, 6.45) is 4.20. The molecule has 1 aliphatic heterocycles. The summed E-state index contributed by atoms with van der Waals surface area (Å²) in [7, 11) is -3.62. The van der Waals surface area contributed by atoms with E-state index in [1.54, 1.807) is 6.92 Å².